The Kier molecular flexibility index (Phi) is 3.94. The molecule has 0 aliphatic carbocycles. The van der Waals surface area contributed by atoms with Gasteiger partial charge in [0, 0.05) is 6.54 Å². The standard InChI is InChI=1S/C14H13F3N2/c15-10-3-1-2-9(8-10)6-7-19-14-12(18)5-4-11(16)13(14)17/h1-5,8,19H,6-7,18H2. The summed E-state index contributed by atoms with van der Waals surface area (Å²) in [6, 6.07) is 8.37. The van der Waals surface area contributed by atoms with E-state index in [-0.39, 0.29) is 17.2 Å². The zero-order chi connectivity index (χ0) is 13.8. The molecule has 19 heavy (non-hydrogen) atoms. The van der Waals surface area contributed by atoms with E-state index in [1.165, 1.54) is 18.2 Å². The second-order valence-corrected chi connectivity index (χ2v) is 4.13. The van der Waals surface area contributed by atoms with E-state index in [2.05, 4.69) is 5.32 Å². The zero-order valence-electron chi connectivity index (χ0n) is 10.1. The van der Waals surface area contributed by atoms with Gasteiger partial charge in [-0.2, -0.15) is 0 Å². The smallest absolute Gasteiger partial charge is 0.183 e. The summed E-state index contributed by atoms with van der Waals surface area (Å²) in [5, 5.41) is 2.73. The van der Waals surface area contributed by atoms with Crippen LogP contribution in [0, 0.1) is 17.5 Å². The molecule has 2 nitrogen and oxygen atoms in total. The summed E-state index contributed by atoms with van der Waals surface area (Å²) in [6.07, 6.45) is 0.479. The summed E-state index contributed by atoms with van der Waals surface area (Å²) < 4.78 is 39.5. The van der Waals surface area contributed by atoms with Gasteiger partial charge in [0.25, 0.3) is 0 Å². The summed E-state index contributed by atoms with van der Waals surface area (Å²) in [7, 11) is 0. The average Bonchev–Trinajstić information content (AvgIpc) is 2.38. The highest BCUT2D eigenvalue weighted by Crippen LogP contribution is 2.24. The van der Waals surface area contributed by atoms with E-state index in [1.807, 2.05) is 0 Å². The van der Waals surface area contributed by atoms with Gasteiger partial charge < -0.3 is 11.1 Å². The van der Waals surface area contributed by atoms with E-state index in [1.54, 1.807) is 12.1 Å². The number of nitrogens with one attached hydrogen (secondary N) is 1. The van der Waals surface area contributed by atoms with Gasteiger partial charge in [-0.3, -0.25) is 0 Å². The summed E-state index contributed by atoms with van der Waals surface area (Å²) in [4.78, 5) is 0. The number of halogens is 3. The van der Waals surface area contributed by atoms with Crippen LogP contribution in [0.1, 0.15) is 5.56 Å². The van der Waals surface area contributed by atoms with Gasteiger partial charge in [0.1, 0.15) is 5.82 Å². The fourth-order valence-corrected chi connectivity index (χ4v) is 1.77. The second-order valence-electron chi connectivity index (χ2n) is 4.13. The molecule has 0 fully saturated rings. The normalized spacial score (nSPS) is 10.5. The lowest BCUT2D eigenvalue weighted by Gasteiger charge is -2.10. The SMILES string of the molecule is Nc1ccc(F)c(F)c1NCCc1cccc(F)c1. The van der Waals surface area contributed by atoms with E-state index in [4.69, 9.17) is 5.73 Å². The van der Waals surface area contributed by atoms with Crippen LogP contribution in [0.5, 0.6) is 0 Å². The molecule has 0 aliphatic rings. The van der Waals surface area contributed by atoms with Gasteiger partial charge in [0.2, 0.25) is 0 Å². The molecule has 0 atom stereocenters. The van der Waals surface area contributed by atoms with Gasteiger partial charge in [0.05, 0.1) is 11.4 Å². The molecule has 2 aromatic rings. The Morgan fingerprint density at radius 1 is 1.05 bits per heavy atom. The first kappa shape index (κ1) is 13.3. The van der Waals surface area contributed by atoms with Crippen LogP contribution in [0.4, 0.5) is 24.5 Å². The molecule has 0 bridgehead atoms. The minimum atomic E-state index is -1.00. The van der Waals surface area contributed by atoms with Crippen LogP contribution in [0.2, 0.25) is 0 Å². The number of anilines is 2. The Balaban J connectivity index is 2.02. The van der Waals surface area contributed by atoms with Gasteiger partial charge in [-0.25, -0.2) is 13.2 Å². The summed E-state index contributed by atoms with van der Waals surface area (Å²) >= 11 is 0. The maximum Gasteiger partial charge on any atom is 0.183 e. The molecule has 2 rings (SSSR count). The van der Waals surface area contributed by atoms with E-state index in [9.17, 15) is 13.2 Å². The molecule has 2 aromatic carbocycles. The van der Waals surface area contributed by atoms with Gasteiger partial charge in [-0.1, -0.05) is 12.1 Å². The molecule has 0 amide bonds. The summed E-state index contributed by atoms with van der Waals surface area (Å²) in [5.74, 6) is -2.28. The molecule has 0 saturated heterocycles. The number of rotatable bonds is 4. The number of nitrogen functional groups attached to an aromatic ring is 1. The molecule has 0 aliphatic heterocycles. The molecular weight excluding hydrogens is 253 g/mol. The molecule has 0 saturated carbocycles. The number of hydrogen-bond acceptors (Lipinski definition) is 2. The van der Waals surface area contributed by atoms with Crippen molar-refractivity contribution in [1.82, 2.24) is 0 Å². The Hall–Kier alpha value is -2.17. The van der Waals surface area contributed by atoms with Crippen molar-refractivity contribution in [2.24, 2.45) is 0 Å². The van der Waals surface area contributed by atoms with Crippen molar-refractivity contribution in [1.29, 1.82) is 0 Å². The van der Waals surface area contributed by atoms with E-state index < -0.39 is 11.6 Å². The summed E-state index contributed by atoms with van der Waals surface area (Å²) in [6.45, 7) is 0.327. The lowest BCUT2D eigenvalue weighted by molar-refractivity contribution is 0.511. The van der Waals surface area contributed by atoms with E-state index >= 15 is 0 Å². The highest BCUT2D eigenvalue weighted by Gasteiger charge is 2.11. The van der Waals surface area contributed by atoms with Crippen molar-refractivity contribution in [3.63, 3.8) is 0 Å². The molecule has 5 heteroatoms. The fraction of sp³-hybridized carbons (Fsp3) is 0.143. The van der Waals surface area contributed by atoms with Crippen LogP contribution in [-0.4, -0.2) is 6.54 Å². The van der Waals surface area contributed by atoms with Crippen LogP contribution < -0.4 is 11.1 Å². The fourth-order valence-electron chi connectivity index (χ4n) is 1.77. The lowest BCUT2D eigenvalue weighted by Crippen LogP contribution is -2.09. The maximum absolute atomic E-state index is 13.5. The van der Waals surface area contributed by atoms with Gasteiger partial charge in [-0.05, 0) is 36.2 Å². The first-order valence-corrected chi connectivity index (χ1v) is 5.79. The van der Waals surface area contributed by atoms with Crippen LogP contribution in [-0.2, 0) is 6.42 Å². The first-order chi connectivity index (χ1) is 9.08. The molecule has 0 radical (unpaired) electrons. The Morgan fingerprint density at radius 2 is 1.84 bits per heavy atom. The molecule has 0 unspecified atom stereocenters. The second kappa shape index (κ2) is 5.65. The van der Waals surface area contributed by atoms with Crippen LogP contribution in [0.25, 0.3) is 0 Å². The maximum atomic E-state index is 13.5. The van der Waals surface area contributed by atoms with Crippen LogP contribution in [0.15, 0.2) is 36.4 Å². The summed E-state index contributed by atoms with van der Waals surface area (Å²) in [5.41, 5.74) is 6.41. The van der Waals surface area contributed by atoms with Crippen molar-refractivity contribution < 1.29 is 13.2 Å². The third kappa shape index (κ3) is 3.19. The van der Waals surface area contributed by atoms with Crippen LogP contribution >= 0.6 is 0 Å². The third-order valence-electron chi connectivity index (χ3n) is 2.73. The molecule has 0 heterocycles. The quantitative estimate of drug-likeness (QED) is 0.833. The Labute approximate surface area is 109 Å². The number of nitrogens with two attached hydrogens (primary N) is 1. The third-order valence-corrected chi connectivity index (χ3v) is 2.73. The van der Waals surface area contributed by atoms with E-state index in [0.29, 0.717) is 13.0 Å². The van der Waals surface area contributed by atoms with Gasteiger partial charge >= 0.3 is 0 Å². The van der Waals surface area contributed by atoms with Crippen LogP contribution in [0.3, 0.4) is 0 Å². The Bertz CT molecular complexity index is 585. The molecule has 100 valence electrons. The number of hydrogen-bond donors (Lipinski definition) is 2. The zero-order valence-corrected chi connectivity index (χ0v) is 10.1. The molecular formula is C14H13F3N2. The lowest BCUT2D eigenvalue weighted by atomic mass is 10.1. The average molecular weight is 266 g/mol. The Morgan fingerprint density at radius 3 is 2.58 bits per heavy atom. The number of benzene rings is 2. The predicted octanol–water partition coefficient (Wildman–Crippen LogP) is 3.34. The molecule has 3 N–H and O–H groups in total. The minimum absolute atomic E-state index is 0.0589. The van der Waals surface area contributed by atoms with Crippen molar-refractivity contribution in [2.75, 3.05) is 17.6 Å². The van der Waals surface area contributed by atoms with Gasteiger partial charge in [-0.15, -0.1) is 0 Å². The monoisotopic (exact) mass is 266 g/mol. The predicted molar refractivity (Wildman–Crippen MR) is 69.4 cm³/mol. The minimum Gasteiger partial charge on any atom is -0.397 e. The van der Waals surface area contributed by atoms with Crippen molar-refractivity contribution >= 4 is 11.4 Å². The van der Waals surface area contributed by atoms with E-state index in [0.717, 1.165) is 11.6 Å². The first-order valence-electron chi connectivity index (χ1n) is 5.79. The molecule has 0 spiro atoms. The topological polar surface area (TPSA) is 38.0 Å². The van der Waals surface area contributed by atoms with Crippen molar-refractivity contribution in [2.45, 2.75) is 6.42 Å². The van der Waals surface area contributed by atoms with Crippen molar-refractivity contribution in [3.05, 3.63) is 59.4 Å². The largest absolute Gasteiger partial charge is 0.397 e. The van der Waals surface area contributed by atoms with Crippen molar-refractivity contribution in [3.8, 4) is 0 Å². The highest BCUT2D eigenvalue weighted by molar-refractivity contribution is 5.66. The highest BCUT2D eigenvalue weighted by atomic mass is 19.2. The molecule has 0 aromatic heterocycles. The van der Waals surface area contributed by atoms with Gasteiger partial charge in [0.15, 0.2) is 11.6 Å².